The number of methoxy groups -OCH3 is 1. The molecule has 2 unspecified atom stereocenters. The molecule has 2 heterocycles. The van der Waals surface area contributed by atoms with Gasteiger partial charge in [-0.15, -0.1) is 0 Å². The topological polar surface area (TPSA) is 59.0 Å². The lowest BCUT2D eigenvalue weighted by molar-refractivity contribution is -0.151. The molecule has 0 bridgehead atoms. The fraction of sp³-hybridized carbons (Fsp3) is 0.923. The van der Waals surface area contributed by atoms with E-state index in [2.05, 4.69) is 11.8 Å². The largest absolute Gasteiger partial charge is 0.481 e. The van der Waals surface area contributed by atoms with Gasteiger partial charge in [-0.05, 0) is 32.7 Å². The molecule has 0 aliphatic carbocycles. The molecule has 2 saturated heterocycles. The average molecular weight is 257 g/mol. The number of carboxylic acids is 1. The van der Waals surface area contributed by atoms with Gasteiger partial charge in [0.15, 0.2) is 0 Å². The molecule has 1 N–H and O–H groups in total. The molecule has 2 aliphatic rings. The van der Waals surface area contributed by atoms with Crippen molar-refractivity contribution in [2.24, 2.45) is 5.41 Å². The zero-order valence-corrected chi connectivity index (χ0v) is 11.3. The lowest BCUT2D eigenvalue weighted by atomic mass is 9.85. The number of nitrogens with zero attached hydrogens (tertiary/aromatic N) is 1. The van der Waals surface area contributed by atoms with Crippen molar-refractivity contribution < 1.29 is 19.4 Å². The lowest BCUT2D eigenvalue weighted by Crippen LogP contribution is -2.52. The minimum atomic E-state index is -0.732. The first-order chi connectivity index (χ1) is 8.50. The molecular formula is C13H23NO4. The highest BCUT2D eigenvalue weighted by atomic mass is 16.5. The quantitative estimate of drug-likeness (QED) is 0.813. The fourth-order valence-electron chi connectivity index (χ4n) is 3.01. The Balaban J connectivity index is 2.01. The molecule has 0 aromatic heterocycles. The van der Waals surface area contributed by atoms with Gasteiger partial charge in [-0.2, -0.15) is 0 Å². The zero-order chi connectivity index (χ0) is 13.2. The van der Waals surface area contributed by atoms with Crippen LogP contribution in [-0.2, 0) is 14.3 Å². The summed E-state index contributed by atoms with van der Waals surface area (Å²) in [4.78, 5) is 13.7. The molecule has 2 fully saturated rings. The van der Waals surface area contributed by atoms with Gasteiger partial charge < -0.3 is 14.6 Å². The maximum absolute atomic E-state index is 11.5. The summed E-state index contributed by atoms with van der Waals surface area (Å²) < 4.78 is 10.8. The van der Waals surface area contributed by atoms with Gasteiger partial charge in [0.05, 0.1) is 12.2 Å². The van der Waals surface area contributed by atoms with Crippen LogP contribution in [-0.4, -0.2) is 61.5 Å². The van der Waals surface area contributed by atoms with Gasteiger partial charge in [-0.3, -0.25) is 9.69 Å². The third kappa shape index (κ3) is 2.68. The van der Waals surface area contributed by atoms with E-state index < -0.39 is 11.4 Å². The van der Waals surface area contributed by atoms with Gasteiger partial charge in [0.2, 0.25) is 0 Å². The summed E-state index contributed by atoms with van der Waals surface area (Å²) in [6, 6.07) is 0. The first kappa shape index (κ1) is 13.8. The van der Waals surface area contributed by atoms with Crippen molar-refractivity contribution in [3.8, 4) is 0 Å². The van der Waals surface area contributed by atoms with Crippen LogP contribution in [0.25, 0.3) is 0 Å². The number of likely N-dealkylation sites (tertiary alicyclic amines) is 1. The van der Waals surface area contributed by atoms with Crippen molar-refractivity contribution in [1.29, 1.82) is 0 Å². The van der Waals surface area contributed by atoms with Gasteiger partial charge in [-0.25, -0.2) is 0 Å². The van der Waals surface area contributed by atoms with Crippen molar-refractivity contribution in [3.63, 3.8) is 0 Å². The number of carbonyl (C=O) groups is 1. The number of hydrogen-bond acceptors (Lipinski definition) is 4. The summed E-state index contributed by atoms with van der Waals surface area (Å²) in [6.45, 7) is 5.32. The van der Waals surface area contributed by atoms with Crippen LogP contribution in [0.4, 0.5) is 0 Å². The minimum absolute atomic E-state index is 0.141. The van der Waals surface area contributed by atoms with Crippen molar-refractivity contribution in [2.45, 2.75) is 31.8 Å². The van der Waals surface area contributed by atoms with E-state index in [1.807, 2.05) is 0 Å². The molecule has 104 valence electrons. The Morgan fingerprint density at radius 2 is 2.28 bits per heavy atom. The van der Waals surface area contributed by atoms with Crippen molar-refractivity contribution in [3.05, 3.63) is 0 Å². The maximum Gasteiger partial charge on any atom is 0.313 e. The Hall–Kier alpha value is -0.650. The smallest absolute Gasteiger partial charge is 0.313 e. The molecule has 2 aliphatic heterocycles. The summed E-state index contributed by atoms with van der Waals surface area (Å²) in [5.74, 6) is -0.732. The Bertz CT molecular complexity index is 314. The van der Waals surface area contributed by atoms with E-state index in [0.717, 1.165) is 25.9 Å². The Kier molecular flexibility index (Phi) is 3.94. The second-order valence-corrected chi connectivity index (χ2v) is 5.86. The highest BCUT2D eigenvalue weighted by molar-refractivity contribution is 5.75. The second kappa shape index (κ2) is 5.15. The number of carboxylic acid groups (broad SMARTS) is 1. The third-order valence-electron chi connectivity index (χ3n) is 4.31. The van der Waals surface area contributed by atoms with E-state index in [1.54, 1.807) is 7.11 Å². The molecular weight excluding hydrogens is 234 g/mol. The molecule has 0 radical (unpaired) electrons. The molecule has 0 amide bonds. The minimum Gasteiger partial charge on any atom is -0.481 e. The molecule has 2 rings (SSSR count). The van der Waals surface area contributed by atoms with Gasteiger partial charge in [0.25, 0.3) is 0 Å². The average Bonchev–Trinajstić information content (AvgIpc) is 2.79. The van der Waals surface area contributed by atoms with E-state index in [4.69, 9.17) is 9.47 Å². The van der Waals surface area contributed by atoms with E-state index in [-0.39, 0.29) is 5.60 Å². The molecule has 0 saturated carbocycles. The summed E-state index contributed by atoms with van der Waals surface area (Å²) in [6.07, 6.45) is 2.71. The van der Waals surface area contributed by atoms with Crippen LogP contribution in [0.3, 0.4) is 0 Å². The number of rotatable bonds is 4. The van der Waals surface area contributed by atoms with Crippen LogP contribution in [0.15, 0.2) is 0 Å². The van der Waals surface area contributed by atoms with Gasteiger partial charge in [0.1, 0.15) is 5.41 Å². The van der Waals surface area contributed by atoms with E-state index >= 15 is 0 Å². The fourth-order valence-corrected chi connectivity index (χ4v) is 3.01. The Morgan fingerprint density at radius 1 is 1.50 bits per heavy atom. The Labute approximate surface area is 108 Å². The number of piperidine rings is 1. The van der Waals surface area contributed by atoms with E-state index in [1.165, 1.54) is 0 Å². The normalized spacial score (nSPS) is 37.9. The summed E-state index contributed by atoms with van der Waals surface area (Å²) in [5.41, 5.74) is -0.858. The van der Waals surface area contributed by atoms with Gasteiger partial charge in [-0.1, -0.05) is 0 Å². The number of hydrogen-bond donors (Lipinski definition) is 1. The SMILES string of the molecule is COC1(C)CCCN(CC2(C(=O)O)CCOC2)C1. The first-order valence-corrected chi connectivity index (χ1v) is 6.58. The van der Waals surface area contributed by atoms with Crippen LogP contribution in [0.2, 0.25) is 0 Å². The predicted octanol–water partition coefficient (Wildman–Crippen LogP) is 0.979. The monoisotopic (exact) mass is 257 g/mol. The van der Waals surface area contributed by atoms with Crippen LogP contribution in [0.5, 0.6) is 0 Å². The molecule has 0 spiro atoms. The molecule has 0 aromatic carbocycles. The molecule has 5 heteroatoms. The second-order valence-electron chi connectivity index (χ2n) is 5.86. The van der Waals surface area contributed by atoms with Crippen molar-refractivity contribution in [1.82, 2.24) is 4.90 Å². The van der Waals surface area contributed by atoms with Gasteiger partial charge in [0, 0.05) is 26.8 Å². The number of ether oxygens (including phenoxy) is 2. The van der Waals surface area contributed by atoms with Crippen molar-refractivity contribution >= 4 is 5.97 Å². The summed E-state index contributed by atoms with van der Waals surface area (Å²) in [5, 5.41) is 9.44. The van der Waals surface area contributed by atoms with E-state index in [9.17, 15) is 9.90 Å². The predicted molar refractivity (Wildman–Crippen MR) is 66.6 cm³/mol. The maximum atomic E-state index is 11.5. The molecule has 2 atom stereocenters. The van der Waals surface area contributed by atoms with Crippen LogP contribution in [0, 0.1) is 5.41 Å². The molecule has 0 aromatic rings. The highest BCUT2D eigenvalue weighted by Crippen LogP contribution is 2.33. The highest BCUT2D eigenvalue weighted by Gasteiger charge is 2.45. The summed E-state index contributed by atoms with van der Waals surface area (Å²) in [7, 11) is 1.73. The number of aliphatic carboxylic acids is 1. The Morgan fingerprint density at radius 3 is 2.83 bits per heavy atom. The van der Waals surface area contributed by atoms with E-state index in [0.29, 0.717) is 26.2 Å². The van der Waals surface area contributed by atoms with Gasteiger partial charge >= 0.3 is 5.97 Å². The van der Waals surface area contributed by atoms with Crippen molar-refractivity contribution in [2.75, 3.05) is 40.0 Å². The summed E-state index contributed by atoms with van der Waals surface area (Å²) >= 11 is 0. The standard InChI is InChI=1S/C13H23NO4/c1-12(17-2)4-3-6-14(8-12)9-13(11(15)16)5-7-18-10-13/h3-10H2,1-2H3,(H,15,16). The van der Waals surface area contributed by atoms with Crippen LogP contribution < -0.4 is 0 Å². The molecule has 18 heavy (non-hydrogen) atoms. The first-order valence-electron chi connectivity index (χ1n) is 6.58. The molecule has 5 nitrogen and oxygen atoms in total. The van der Waals surface area contributed by atoms with Crippen LogP contribution >= 0.6 is 0 Å². The third-order valence-corrected chi connectivity index (χ3v) is 4.31. The lowest BCUT2D eigenvalue weighted by Gasteiger charge is -2.42. The van der Waals surface area contributed by atoms with Crippen LogP contribution in [0.1, 0.15) is 26.2 Å². The zero-order valence-electron chi connectivity index (χ0n) is 11.3.